The molecule has 1 atom stereocenters. The number of carboxylic acids is 1. The van der Waals surface area contributed by atoms with Crippen molar-refractivity contribution in [3.8, 4) is 0 Å². The third kappa shape index (κ3) is 3.20. The fraction of sp³-hybridized carbons (Fsp3) is 0.846. The van der Waals surface area contributed by atoms with E-state index in [1.807, 2.05) is 0 Å². The molecule has 2 aliphatic heterocycles. The van der Waals surface area contributed by atoms with E-state index in [2.05, 4.69) is 25.7 Å². The molecule has 2 fully saturated rings. The summed E-state index contributed by atoms with van der Waals surface area (Å²) in [5.74, 6) is 0.0647. The highest BCUT2D eigenvalue weighted by molar-refractivity contribution is 7.99. The SMILES string of the molecule is CC(C)(C)N1CCN(C(=O)N2CSCC2C(=O)O)CC1. The van der Waals surface area contributed by atoms with Gasteiger partial charge in [-0.25, -0.2) is 9.59 Å². The smallest absolute Gasteiger partial charge is 0.327 e. The molecule has 0 aromatic carbocycles. The Labute approximate surface area is 124 Å². The van der Waals surface area contributed by atoms with Crippen LogP contribution in [-0.2, 0) is 4.79 Å². The molecular formula is C13H23N3O3S. The Morgan fingerprint density at radius 1 is 1.15 bits per heavy atom. The largest absolute Gasteiger partial charge is 0.480 e. The summed E-state index contributed by atoms with van der Waals surface area (Å²) in [4.78, 5) is 29.2. The molecule has 0 aromatic rings. The van der Waals surface area contributed by atoms with Gasteiger partial charge in [-0.2, -0.15) is 0 Å². The molecule has 2 heterocycles. The topological polar surface area (TPSA) is 64.1 Å². The Kier molecular flexibility index (Phi) is 4.49. The van der Waals surface area contributed by atoms with E-state index in [-0.39, 0.29) is 11.6 Å². The van der Waals surface area contributed by atoms with Crippen LogP contribution in [0.25, 0.3) is 0 Å². The molecule has 0 radical (unpaired) electrons. The summed E-state index contributed by atoms with van der Waals surface area (Å²) in [6.45, 7) is 9.53. The van der Waals surface area contributed by atoms with Crippen LogP contribution in [0, 0.1) is 0 Å². The second-order valence-corrected chi connectivity index (χ2v) is 7.25. The molecule has 0 aliphatic carbocycles. The predicted molar refractivity (Wildman–Crippen MR) is 78.9 cm³/mol. The van der Waals surface area contributed by atoms with Gasteiger partial charge in [-0.15, -0.1) is 11.8 Å². The number of hydrogen-bond donors (Lipinski definition) is 1. The number of thioether (sulfide) groups is 1. The fourth-order valence-electron chi connectivity index (χ4n) is 2.59. The summed E-state index contributed by atoms with van der Waals surface area (Å²) in [6, 6.07) is -0.802. The highest BCUT2D eigenvalue weighted by Gasteiger charge is 2.38. The maximum atomic E-state index is 12.4. The normalized spacial score (nSPS) is 25.1. The standard InChI is InChI=1S/C13H23N3O3S/c1-13(2,3)15-6-4-14(5-7-15)12(19)16-9-20-8-10(16)11(17)18/h10H,4-9H2,1-3H3,(H,17,18). The number of amides is 2. The van der Waals surface area contributed by atoms with Crippen molar-refractivity contribution in [3.05, 3.63) is 0 Å². The molecule has 2 aliphatic rings. The van der Waals surface area contributed by atoms with Crippen molar-refractivity contribution in [2.45, 2.75) is 32.4 Å². The third-order valence-corrected chi connectivity index (χ3v) is 4.92. The maximum absolute atomic E-state index is 12.4. The van der Waals surface area contributed by atoms with Crippen molar-refractivity contribution < 1.29 is 14.7 Å². The Bertz CT molecular complexity index is 389. The van der Waals surface area contributed by atoms with Crippen molar-refractivity contribution >= 4 is 23.8 Å². The number of aliphatic carboxylic acids is 1. The lowest BCUT2D eigenvalue weighted by Crippen LogP contribution is -2.58. The lowest BCUT2D eigenvalue weighted by molar-refractivity contribution is -0.141. The number of carbonyl (C=O) groups is 2. The third-order valence-electron chi connectivity index (χ3n) is 3.91. The molecular weight excluding hydrogens is 278 g/mol. The van der Waals surface area contributed by atoms with Gasteiger partial charge >= 0.3 is 12.0 Å². The number of urea groups is 1. The Morgan fingerprint density at radius 3 is 2.25 bits per heavy atom. The van der Waals surface area contributed by atoms with Gasteiger partial charge in [0.15, 0.2) is 0 Å². The van der Waals surface area contributed by atoms with Crippen LogP contribution in [0.2, 0.25) is 0 Å². The zero-order valence-electron chi connectivity index (χ0n) is 12.3. The van der Waals surface area contributed by atoms with Crippen molar-refractivity contribution in [1.82, 2.24) is 14.7 Å². The molecule has 0 spiro atoms. The van der Waals surface area contributed by atoms with Crippen LogP contribution in [0.3, 0.4) is 0 Å². The number of carboxylic acid groups (broad SMARTS) is 1. The molecule has 0 bridgehead atoms. The van der Waals surface area contributed by atoms with Crippen LogP contribution in [-0.4, -0.2) is 81.2 Å². The maximum Gasteiger partial charge on any atom is 0.327 e. The zero-order chi connectivity index (χ0) is 14.9. The summed E-state index contributed by atoms with van der Waals surface area (Å²) in [5, 5.41) is 9.15. The van der Waals surface area contributed by atoms with E-state index >= 15 is 0 Å². The number of nitrogens with zero attached hydrogens (tertiary/aromatic N) is 3. The van der Waals surface area contributed by atoms with Crippen LogP contribution in [0.15, 0.2) is 0 Å². The van der Waals surface area contributed by atoms with Gasteiger partial charge < -0.3 is 14.9 Å². The number of carbonyl (C=O) groups excluding carboxylic acids is 1. The molecule has 2 saturated heterocycles. The van der Waals surface area contributed by atoms with Crippen LogP contribution >= 0.6 is 11.8 Å². The van der Waals surface area contributed by atoms with Crippen molar-refractivity contribution in [2.24, 2.45) is 0 Å². The molecule has 0 aromatic heterocycles. The summed E-state index contributed by atoms with van der Waals surface area (Å²) >= 11 is 1.50. The highest BCUT2D eigenvalue weighted by Crippen LogP contribution is 2.24. The molecule has 0 saturated carbocycles. The van der Waals surface area contributed by atoms with E-state index in [9.17, 15) is 9.59 Å². The Morgan fingerprint density at radius 2 is 1.75 bits per heavy atom. The first-order valence-corrected chi connectivity index (χ1v) is 8.07. The van der Waals surface area contributed by atoms with E-state index in [1.54, 1.807) is 4.90 Å². The minimum atomic E-state index is -0.906. The van der Waals surface area contributed by atoms with Gasteiger partial charge in [0, 0.05) is 37.5 Å². The van der Waals surface area contributed by atoms with Gasteiger partial charge in [0.2, 0.25) is 0 Å². The Balaban J connectivity index is 1.93. The summed E-state index contributed by atoms with van der Waals surface area (Å²) in [6.07, 6.45) is 0. The monoisotopic (exact) mass is 301 g/mol. The quantitative estimate of drug-likeness (QED) is 0.782. The molecule has 6 nitrogen and oxygen atoms in total. The molecule has 1 unspecified atom stereocenters. The minimum absolute atomic E-state index is 0.113. The van der Waals surface area contributed by atoms with E-state index in [0.29, 0.717) is 24.7 Å². The molecule has 2 amide bonds. The fourth-order valence-corrected chi connectivity index (χ4v) is 3.72. The average molecular weight is 301 g/mol. The first-order chi connectivity index (χ1) is 9.30. The van der Waals surface area contributed by atoms with Crippen molar-refractivity contribution in [2.75, 3.05) is 37.8 Å². The van der Waals surface area contributed by atoms with E-state index < -0.39 is 12.0 Å². The van der Waals surface area contributed by atoms with E-state index in [4.69, 9.17) is 5.11 Å². The van der Waals surface area contributed by atoms with Gasteiger partial charge in [0.1, 0.15) is 6.04 Å². The van der Waals surface area contributed by atoms with Crippen LogP contribution in [0.5, 0.6) is 0 Å². The van der Waals surface area contributed by atoms with Crippen LogP contribution in [0.4, 0.5) is 4.79 Å². The second kappa shape index (κ2) is 5.81. The molecule has 20 heavy (non-hydrogen) atoms. The highest BCUT2D eigenvalue weighted by atomic mass is 32.2. The van der Waals surface area contributed by atoms with Gasteiger partial charge in [0.25, 0.3) is 0 Å². The number of hydrogen-bond acceptors (Lipinski definition) is 4. The Hall–Kier alpha value is -0.950. The van der Waals surface area contributed by atoms with Gasteiger partial charge in [-0.05, 0) is 20.8 Å². The van der Waals surface area contributed by atoms with Crippen LogP contribution in [0.1, 0.15) is 20.8 Å². The first-order valence-electron chi connectivity index (χ1n) is 6.92. The van der Waals surface area contributed by atoms with Crippen molar-refractivity contribution in [3.63, 3.8) is 0 Å². The lowest BCUT2D eigenvalue weighted by atomic mass is 10.1. The molecule has 7 heteroatoms. The lowest BCUT2D eigenvalue weighted by Gasteiger charge is -2.43. The zero-order valence-corrected chi connectivity index (χ0v) is 13.2. The molecule has 2 rings (SSSR count). The van der Waals surface area contributed by atoms with Gasteiger partial charge in [0.05, 0.1) is 5.88 Å². The summed E-state index contributed by atoms with van der Waals surface area (Å²) in [5.41, 5.74) is 0.113. The predicted octanol–water partition coefficient (Wildman–Crippen LogP) is 0.982. The number of rotatable bonds is 1. The van der Waals surface area contributed by atoms with Gasteiger partial charge in [-0.1, -0.05) is 0 Å². The van der Waals surface area contributed by atoms with Crippen LogP contribution < -0.4 is 0 Å². The first kappa shape index (κ1) is 15.4. The van der Waals surface area contributed by atoms with E-state index in [0.717, 1.165) is 13.1 Å². The van der Waals surface area contributed by atoms with Crippen molar-refractivity contribution in [1.29, 1.82) is 0 Å². The second-order valence-electron chi connectivity index (χ2n) is 6.25. The summed E-state index contributed by atoms with van der Waals surface area (Å²) in [7, 11) is 0. The summed E-state index contributed by atoms with van der Waals surface area (Å²) < 4.78 is 0. The van der Waals surface area contributed by atoms with Gasteiger partial charge in [-0.3, -0.25) is 4.90 Å². The van der Waals surface area contributed by atoms with E-state index in [1.165, 1.54) is 16.7 Å². The average Bonchev–Trinajstić information content (AvgIpc) is 2.86. The molecule has 1 N–H and O–H groups in total. The minimum Gasteiger partial charge on any atom is -0.480 e. The number of piperazine rings is 1. The molecule has 114 valence electrons.